The van der Waals surface area contributed by atoms with Crippen molar-refractivity contribution in [1.29, 1.82) is 0 Å². The summed E-state index contributed by atoms with van der Waals surface area (Å²) >= 11 is 0. The number of pyridine rings is 1. The average Bonchev–Trinajstić information content (AvgIpc) is 2.39. The molecule has 0 spiro atoms. The molecule has 0 atom stereocenters. The van der Waals surface area contributed by atoms with Gasteiger partial charge in [-0.15, -0.1) is 0 Å². The zero-order valence-corrected chi connectivity index (χ0v) is 10.8. The number of amides is 1. The highest BCUT2D eigenvalue weighted by Crippen LogP contribution is 2.25. The lowest BCUT2D eigenvalue weighted by Crippen LogP contribution is -2.26. The molecule has 0 fully saturated rings. The highest BCUT2D eigenvalue weighted by Gasteiger charge is 2.13. The van der Waals surface area contributed by atoms with Gasteiger partial charge < -0.3 is 16.2 Å². The van der Waals surface area contributed by atoms with E-state index in [9.17, 15) is 4.79 Å². The van der Waals surface area contributed by atoms with Crippen molar-refractivity contribution in [3.63, 3.8) is 0 Å². The number of nitrogens with one attached hydrogen (secondary N) is 1. The number of aromatic nitrogens is 1. The van der Waals surface area contributed by atoms with Crippen LogP contribution >= 0.6 is 0 Å². The van der Waals surface area contributed by atoms with Crippen molar-refractivity contribution < 1.29 is 9.90 Å². The number of benzene rings is 1. The molecule has 0 unspecified atom stereocenters. The lowest BCUT2D eigenvalue weighted by atomic mass is 10.0. The predicted molar refractivity (Wildman–Crippen MR) is 74.9 cm³/mol. The normalized spacial score (nSPS) is 10.6. The lowest BCUT2D eigenvalue weighted by Gasteiger charge is -2.10. The van der Waals surface area contributed by atoms with Gasteiger partial charge in [-0.3, -0.25) is 9.78 Å². The van der Waals surface area contributed by atoms with Crippen molar-refractivity contribution in [2.75, 3.05) is 18.9 Å². The van der Waals surface area contributed by atoms with Gasteiger partial charge in [-0.2, -0.15) is 0 Å². The van der Waals surface area contributed by atoms with Crippen molar-refractivity contribution in [1.82, 2.24) is 10.3 Å². The van der Waals surface area contributed by atoms with Crippen LogP contribution in [0.4, 0.5) is 5.69 Å². The van der Waals surface area contributed by atoms with Gasteiger partial charge in [0.15, 0.2) is 0 Å². The number of nitrogens with zero attached hydrogens (tertiary/aromatic N) is 1. The highest BCUT2D eigenvalue weighted by molar-refractivity contribution is 6.08. The number of anilines is 1. The molecular weight excluding hydrogens is 242 g/mol. The minimum atomic E-state index is -0.246. The second-order valence-corrected chi connectivity index (χ2v) is 4.39. The molecule has 0 saturated heterocycles. The number of hydrogen-bond donors (Lipinski definition) is 3. The van der Waals surface area contributed by atoms with Gasteiger partial charge in [0, 0.05) is 35.8 Å². The summed E-state index contributed by atoms with van der Waals surface area (Å²) in [7, 11) is 0. The van der Waals surface area contributed by atoms with E-state index in [0.717, 1.165) is 16.3 Å². The molecule has 0 radical (unpaired) electrons. The molecule has 0 bridgehead atoms. The first kappa shape index (κ1) is 13.3. The largest absolute Gasteiger partial charge is 0.398 e. The van der Waals surface area contributed by atoms with E-state index in [0.29, 0.717) is 24.3 Å². The zero-order chi connectivity index (χ0) is 13.8. The van der Waals surface area contributed by atoms with Crippen LogP contribution in [0.1, 0.15) is 22.5 Å². The molecule has 1 aromatic carbocycles. The maximum atomic E-state index is 12.1. The summed E-state index contributed by atoms with van der Waals surface area (Å²) in [4.78, 5) is 16.3. The van der Waals surface area contributed by atoms with E-state index < -0.39 is 0 Å². The predicted octanol–water partition coefficient (Wildman–Crippen LogP) is 1.24. The molecule has 0 aliphatic rings. The molecule has 100 valence electrons. The Bertz CT molecular complexity index is 603. The van der Waals surface area contributed by atoms with Gasteiger partial charge in [0.1, 0.15) is 5.69 Å². The van der Waals surface area contributed by atoms with Crippen molar-refractivity contribution in [2.45, 2.75) is 13.3 Å². The number of fused-ring (bicyclic) bond motifs is 1. The number of hydrogen-bond acceptors (Lipinski definition) is 4. The Morgan fingerprint density at radius 1 is 1.47 bits per heavy atom. The summed E-state index contributed by atoms with van der Waals surface area (Å²) in [5, 5.41) is 13.1. The Morgan fingerprint density at radius 2 is 2.26 bits per heavy atom. The average molecular weight is 259 g/mol. The van der Waals surface area contributed by atoms with Crippen molar-refractivity contribution in [2.24, 2.45) is 0 Å². The Balaban J connectivity index is 2.42. The molecule has 0 aliphatic heterocycles. The molecule has 0 saturated carbocycles. The SMILES string of the molecule is Cc1cnc(C(=O)NCCCO)c2cccc(N)c12. The summed E-state index contributed by atoms with van der Waals surface area (Å²) in [6.45, 7) is 2.39. The van der Waals surface area contributed by atoms with Crippen LogP contribution in [-0.2, 0) is 0 Å². The molecule has 2 aromatic rings. The van der Waals surface area contributed by atoms with Gasteiger partial charge in [0.05, 0.1) is 0 Å². The van der Waals surface area contributed by atoms with Gasteiger partial charge in [0.2, 0.25) is 0 Å². The summed E-state index contributed by atoms with van der Waals surface area (Å²) in [5.41, 5.74) is 7.91. The van der Waals surface area contributed by atoms with Crippen LogP contribution in [0.3, 0.4) is 0 Å². The lowest BCUT2D eigenvalue weighted by molar-refractivity contribution is 0.0948. The van der Waals surface area contributed by atoms with Crippen LogP contribution in [-0.4, -0.2) is 29.1 Å². The number of carbonyl (C=O) groups excluding carboxylic acids is 1. The van der Waals surface area contributed by atoms with E-state index >= 15 is 0 Å². The Morgan fingerprint density at radius 3 is 3.00 bits per heavy atom. The standard InChI is InChI=1S/C14H17N3O2/c1-9-8-17-13(14(19)16-6-3-7-18)10-4-2-5-11(15)12(9)10/h2,4-5,8,18H,3,6-7,15H2,1H3,(H,16,19). The van der Waals surface area contributed by atoms with Crippen molar-refractivity contribution in [3.8, 4) is 0 Å². The first-order valence-electron chi connectivity index (χ1n) is 6.18. The van der Waals surface area contributed by atoms with Crippen molar-refractivity contribution >= 4 is 22.4 Å². The summed E-state index contributed by atoms with van der Waals surface area (Å²) in [6, 6.07) is 5.46. The molecule has 1 aromatic heterocycles. The summed E-state index contributed by atoms with van der Waals surface area (Å²) < 4.78 is 0. The number of aliphatic hydroxyl groups is 1. The van der Waals surface area contributed by atoms with E-state index in [1.807, 2.05) is 25.1 Å². The van der Waals surface area contributed by atoms with Gasteiger partial charge in [-0.1, -0.05) is 12.1 Å². The number of nitrogen functional groups attached to an aromatic ring is 1. The Kier molecular flexibility index (Phi) is 3.97. The van der Waals surface area contributed by atoms with E-state index in [1.165, 1.54) is 0 Å². The molecule has 5 heteroatoms. The second-order valence-electron chi connectivity index (χ2n) is 4.39. The quantitative estimate of drug-likeness (QED) is 0.569. The fraction of sp³-hybridized carbons (Fsp3) is 0.286. The molecule has 1 heterocycles. The second kappa shape index (κ2) is 5.67. The topological polar surface area (TPSA) is 88.2 Å². The van der Waals surface area contributed by atoms with Crippen molar-refractivity contribution in [3.05, 3.63) is 35.7 Å². The number of aryl methyl sites for hydroxylation is 1. The minimum absolute atomic E-state index is 0.0509. The summed E-state index contributed by atoms with van der Waals surface area (Å²) in [6.07, 6.45) is 2.18. The maximum absolute atomic E-state index is 12.1. The fourth-order valence-electron chi connectivity index (χ4n) is 2.05. The van der Waals surface area contributed by atoms with Crippen LogP contribution in [0, 0.1) is 6.92 Å². The van der Waals surface area contributed by atoms with Crippen LogP contribution in [0.15, 0.2) is 24.4 Å². The summed E-state index contributed by atoms with van der Waals surface area (Å²) in [5.74, 6) is -0.246. The number of nitrogens with two attached hydrogens (primary N) is 1. The first-order chi connectivity index (χ1) is 9.15. The Labute approximate surface area is 111 Å². The highest BCUT2D eigenvalue weighted by atomic mass is 16.3. The van der Waals surface area contributed by atoms with E-state index in [-0.39, 0.29) is 12.5 Å². The van der Waals surface area contributed by atoms with Gasteiger partial charge >= 0.3 is 0 Å². The van der Waals surface area contributed by atoms with Gasteiger partial charge in [0.25, 0.3) is 5.91 Å². The maximum Gasteiger partial charge on any atom is 0.270 e. The van der Waals surface area contributed by atoms with Gasteiger partial charge in [-0.25, -0.2) is 0 Å². The molecule has 5 nitrogen and oxygen atoms in total. The van der Waals surface area contributed by atoms with Crippen LogP contribution < -0.4 is 11.1 Å². The molecule has 19 heavy (non-hydrogen) atoms. The monoisotopic (exact) mass is 259 g/mol. The molecule has 4 N–H and O–H groups in total. The third kappa shape index (κ3) is 2.66. The van der Waals surface area contributed by atoms with Gasteiger partial charge in [-0.05, 0) is 25.0 Å². The number of carbonyl (C=O) groups is 1. The Hall–Kier alpha value is -2.14. The number of rotatable bonds is 4. The molecule has 1 amide bonds. The zero-order valence-electron chi connectivity index (χ0n) is 10.8. The van der Waals surface area contributed by atoms with E-state index in [2.05, 4.69) is 10.3 Å². The third-order valence-corrected chi connectivity index (χ3v) is 2.97. The molecule has 2 rings (SSSR count). The fourth-order valence-corrected chi connectivity index (χ4v) is 2.05. The van der Waals surface area contributed by atoms with E-state index in [1.54, 1.807) is 6.20 Å². The minimum Gasteiger partial charge on any atom is -0.398 e. The smallest absolute Gasteiger partial charge is 0.270 e. The first-order valence-corrected chi connectivity index (χ1v) is 6.18. The number of aliphatic hydroxyl groups excluding tert-OH is 1. The van der Waals surface area contributed by atoms with Crippen LogP contribution in [0.2, 0.25) is 0 Å². The molecule has 0 aliphatic carbocycles. The van der Waals surface area contributed by atoms with Crippen LogP contribution in [0.5, 0.6) is 0 Å². The van der Waals surface area contributed by atoms with Crippen LogP contribution in [0.25, 0.3) is 10.8 Å². The van der Waals surface area contributed by atoms with E-state index in [4.69, 9.17) is 10.8 Å². The molecular formula is C14H17N3O2. The third-order valence-electron chi connectivity index (χ3n) is 2.97.